The molecule has 4 heteroatoms. The van der Waals surface area contributed by atoms with Gasteiger partial charge in [0.1, 0.15) is 9.84 Å². The van der Waals surface area contributed by atoms with E-state index in [2.05, 4.69) is 0 Å². The van der Waals surface area contributed by atoms with Crippen molar-refractivity contribution in [3.8, 4) is 0 Å². The summed E-state index contributed by atoms with van der Waals surface area (Å²) in [4.78, 5) is 0. The van der Waals surface area contributed by atoms with Gasteiger partial charge in [0.15, 0.2) is 0 Å². The van der Waals surface area contributed by atoms with E-state index in [4.69, 9.17) is 5.73 Å². The van der Waals surface area contributed by atoms with Crippen LogP contribution in [0.4, 0.5) is 0 Å². The SMILES string of the molecule is CCS(=O)(=O)CCCC(N)C1C2CC3CC(C2)CC1C3. The van der Waals surface area contributed by atoms with Crippen LogP contribution < -0.4 is 5.73 Å². The molecule has 0 aliphatic heterocycles. The molecule has 4 fully saturated rings. The highest BCUT2D eigenvalue weighted by molar-refractivity contribution is 7.91. The Morgan fingerprint density at radius 1 is 1.05 bits per heavy atom. The molecular weight excluding hydrogens is 270 g/mol. The molecule has 0 aromatic heterocycles. The predicted octanol–water partition coefficient (Wildman–Crippen LogP) is 2.60. The lowest BCUT2D eigenvalue weighted by Gasteiger charge is -2.56. The lowest BCUT2D eigenvalue weighted by Crippen LogP contribution is -2.51. The molecule has 4 aliphatic carbocycles. The Labute approximate surface area is 123 Å². The molecular formula is C16H29NO2S. The third-order valence-electron chi connectivity index (χ3n) is 6.23. The largest absolute Gasteiger partial charge is 0.327 e. The smallest absolute Gasteiger partial charge is 0.150 e. The molecule has 4 aliphatic rings. The van der Waals surface area contributed by atoms with Gasteiger partial charge in [-0.1, -0.05) is 6.92 Å². The number of hydrogen-bond acceptors (Lipinski definition) is 3. The van der Waals surface area contributed by atoms with Gasteiger partial charge >= 0.3 is 0 Å². The lowest BCUT2D eigenvalue weighted by atomic mass is 9.50. The number of nitrogens with two attached hydrogens (primary N) is 1. The standard InChI is InChI=1S/C16H29NO2S/c1-2-20(18,19)5-3-4-15(17)16-13-7-11-6-12(9-13)10-14(16)8-11/h11-16H,2-10,17H2,1H3. The van der Waals surface area contributed by atoms with Crippen molar-refractivity contribution in [2.75, 3.05) is 11.5 Å². The van der Waals surface area contributed by atoms with Crippen LogP contribution in [-0.2, 0) is 9.84 Å². The monoisotopic (exact) mass is 299 g/mol. The number of hydrogen-bond donors (Lipinski definition) is 1. The summed E-state index contributed by atoms with van der Waals surface area (Å²) >= 11 is 0. The highest BCUT2D eigenvalue weighted by Gasteiger charge is 2.49. The first-order valence-corrected chi connectivity index (χ1v) is 10.3. The molecule has 4 saturated carbocycles. The van der Waals surface area contributed by atoms with Gasteiger partial charge in [-0.3, -0.25) is 0 Å². The maximum Gasteiger partial charge on any atom is 0.150 e. The van der Waals surface area contributed by atoms with Crippen molar-refractivity contribution in [3.05, 3.63) is 0 Å². The number of rotatable bonds is 6. The fraction of sp³-hybridized carbons (Fsp3) is 1.00. The van der Waals surface area contributed by atoms with E-state index in [1.165, 1.54) is 32.1 Å². The minimum absolute atomic E-state index is 0.233. The Morgan fingerprint density at radius 3 is 2.10 bits per heavy atom. The molecule has 0 radical (unpaired) electrons. The minimum Gasteiger partial charge on any atom is -0.327 e. The Kier molecular flexibility index (Phi) is 4.15. The van der Waals surface area contributed by atoms with Crippen molar-refractivity contribution in [1.82, 2.24) is 0 Å². The molecule has 2 N–H and O–H groups in total. The van der Waals surface area contributed by atoms with Crippen LogP contribution >= 0.6 is 0 Å². The molecule has 4 rings (SSSR count). The van der Waals surface area contributed by atoms with Crippen molar-refractivity contribution in [3.63, 3.8) is 0 Å². The van der Waals surface area contributed by atoms with E-state index in [9.17, 15) is 8.42 Å². The second kappa shape index (κ2) is 5.60. The Hall–Kier alpha value is -0.0900. The Morgan fingerprint density at radius 2 is 1.60 bits per heavy atom. The van der Waals surface area contributed by atoms with Crippen molar-refractivity contribution in [2.24, 2.45) is 35.3 Å². The fourth-order valence-electron chi connectivity index (χ4n) is 5.54. The zero-order valence-corrected chi connectivity index (χ0v) is 13.4. The van der Waals surface area contributed by atoms with Crippen LogP contribution in [-0.4, -0.2) is 26.0 Å². The molecule has 0 saturated heterocycles. The molecule has 1 atom stereocenters. The molecule has 0 amide bonds. The molecule has 4 bridgehead atoms. The summed E-state index contributed by atoms with van der Waals surface area (Å²) < 4.78 is 23.1. The van der Waals surface area contributed by atoms with E-state index in [-0.39, 0.29) is 11.8 Å². The summed E-state index contributed by atoms with van der Waals surface area (Å²) in [7, 11) is -2.82. The molecule has 0 aromatic rings. The molecule has 3 nitrogen and oxygen atoms in total. The van der Waals surface area contributed by atoms with Crippen LogP contribution in [0.5, 0.6) is 0 Å². The molecule has 0 heterocycles. The normalized spacial score (nSPS) is 41.0. The average molecular weight is 299 g/mol. The maximum absolute atomic E-state index is 11.6. The van der Waals surface area contributed by atoms with Gasteiger partial charge in [-0.25, -0.2) is 8.42 Å². The third-order valence-corrected chi connectivity index (χ3v) is 8.02. The van der Waals surface area contributed by atoms with Gasteiger partial charge in [0.25, 0.3) is 0 Å². The first-order chi connectivity index (χ1) is 9.48. The minimum atomic E-state index is -2.82. The van der Waals surface area contributed by atoms with Crippen LogP contribution in [0.1, 0.15) is 51.9 Å². The zero-order chi connectivity index (χ0) is 14.3. The van der Waals surface area contributed by atoms with Gasteiger partial charge < -0.3 is 5.73 Å². The molecule has 116 valence electrons. The van der Waals surface area contributed by atoms with E-state index in [0.717, 1.165) is 36.5 Å². The highest BCUT2D eigenvalue weighted by atomic mass is 32.2. The fourth-order valence-corrected chi connectivity index (χ4v) is 6.44. The van der Waals surface area contributed by atoms with Gasteiger partial charge in [-0.05, 0) is 74.5 Å². The quantitative estimate of drug-likeness (QED) is 0.820. The summed E-state index contributed by atoms with van der Waals surface area (Å²) in [6.45, 7) is 1.73. The van der Waals surface area contributed by atoms with Gasteiger partial charge in [-0.2, -0.15) is 0 Å². The van der Waals surface area contributed by atoms with Crippen LogP contribution in [0, 0.1) is 29.6 Å². The van der Waals surface area contributed by atoms with E-state index in [1.807, 2.05) is 0 Å². The van der Waals surface area contributed by atoms with Gasteiger partial charge in [0.05, 0.1) is 5.75 Å². The second-order valence-electron chi connectivity index (χ2n) is 7.55. The van der Waals surface area contributed by atoms with Crippen LogP contribution in [0.2, 0.25) is 0 Å². The predicted molar refractivity (Wildman–Crippen MR) is 82.1 cm³/mol. The molecule has 0 spiro atoms. The van der Waals surface area contributed by atoms with Crippen LogP contribution in [0.15, 0.2) is 0 Å². The molecule has 20 heavy (non-hydrogen) atoms. The lowest BCUT2D eigenvalue weighted by molar-refractivity contribution is -0.0475. The van der Waals surface area contributed by atoms with Crippen molar-refractivity contribution < 1.29 is 8.42 Å². The van der Waals surface area contributed by atoms with Crippen molar-refractivity contribution in [2.45, 2.75) is 57.9 Å². The Balaban J connectivity index is 1.54. The summed E-state index contributed by atoms with van der Waals surface area (Å²) in [6.07, 6.45) is 8.73. The van der Waals surface area contributed by atoms with E-state index >= 15 is 0 Å². The summed E-state index contributed by atoms with van der Waals surface area (Å²) in [5.41, 5.74) is 6.47. The first-order valence-electron chi connectivity index (χ1n) is 8.44. The summed E-state index contributed by atoms with van der Waals surface area (Å²) in [5, 5.41) is 0. The zero-order valence-electron chi connectivity index (χ0n) is 12.6. The van der Waals surface area contributed by atoms with Crippen molar-refractivity contribution >= 4 is 9.84 Å². The van der Waals surface area contributed by atoms with Crippen molar-refractivity contribution in [1.29, 1.82) is 0 Å². The van der Waals surface area contributed by atoms with E-state index < -0.39 is 9.84 Å². The molecule has 0 aromatic carbocycles. The first kappa shape index (κ1) is 14.8. The Bertz CT molecular complexity index is 417. The highest BCUT2D eigenvalue weighted by Crippen LogP contribution is 2.57. The third kappa shape index (κ3) is 2.92. The van der Waals surface area contributed by atoms with Gasteiger partial charge in [0.2, 0.25) is 0 Å². The van der Waals surface area contributed by atoms with E-state index in [0.29, 0.717) is 11.7 Å². The van der Waals surface area contributed by atoms with Crippen LogP contribution in [0.25, 0.3) is 0 Å². The van der Waals surface area contributed by atoms with Gasteiger partial charge in [0, 0.05) is 11.8 Å². The topological polar surface area (TPSA) is 60.2 Å². The summed E-state index contributed by atoms with van der Waals surface area (Å²) in [6, 6.07) is 0.233. The summed E-state index contributed by atoms with van der Waals surface area (Å²) in [5.74, 6) is 4.95. The second-order valence-corrected chi connectivity index (χ2v) is 10.0. The average Bonchev–Trinajstić information content (AvgIpc) is 2.37. The van der Waals surface area contributed by atoms with Gasteiger partial charge in [-0.15, -0.1) is 0 Å². The molecule has 1 unspecified atom stereocenters. The van der Waals surface area contributed by atoms with Crippen LogP contribution in [0.3, 0.4) is 0 Å². The van der Waals surface area contributed by atoms with E-state index in [1.54, 1.807) is 6.92 Å². The maximum atomic E-state index is 11.6. The number of sulfone groups is 1.